The largest absolute Gasteiger partial charge is 0.513 e. The zero-order valence-electron chi connectivity index (χ0n) is 16.2. The van der Waals surface area contributed by atoms with E-state index in [9.17, 15) is 9.59 Å². The van der Waals surface area contributed by atoms with Gasteiger partial charge in [0.15, 0.2) is 0 Å². The summed E-state index contributed by atoms with van der Waals surface area (Å²) in [6, 6.07) is 12.2. The van der Waals surface area contributed by atoms with Gasteiger partial charge >= 0.3 is 6.16 Å². The number of hydrogen-bond acceptors (Lipinski definition) is 5. The highest BCUT2D eigenvalue weighted by Crippen LogP contribution is 2.24. The average molecular weight is 370 g/mol. The fourth-order valence-corrected chi connectivity index (χ4v) is 2.91. The molecule has 0 saturated carbocycles. The minimum absolute atomic E-state index is 0.160. The van der Waals surface area contributed by atoms with E-state index in [2.05, 4.69) is 0 Å². The number of ether oxygens (including phenoxy) is 2. The van der Waals surface area contributed by atoms with Crippen LogP contribution in [0.15, 0.2) is 42.5 Å². The van der Waals surface area contributed by atoms with E-state index in [1.807, 2.05) is 44.2 Å². The van der Waals surface area contributed by atoms with Crippen LogP contribution in [0.1, 0.15) is 23.6 Å². The molecule has 2 N–H and O–H groups in total. The van der Waals surface area contributed by atoms with E-state index < -0.39 is 12.2 Å². The Bertz CT molecular complexity index is 782. The van der Waals surface area contributed by atoms with Gasteiger partial charge in [0.1, 0.15) is 5.75 Å². The number of amides is 1. The predicted molar refractivity (Wildman–Crippen MR) is 105 cm³/mol. The molecule has 0 heterocycles. The second kappa shape index (κ2) is 9.19. The topological polar surface area (TPSA) is 81.9 Å². The zero-order chi connectivity index (χ0) is 20.0. The first-order chi connectivity index (χ1) is 12.8. The van der Waals surface area contributed by atoms with Gasteiger partial charge in [-0.2, -0.15) is 0 Å². The number of carbonyl (C=O) groups excluding carboxylic acids is 2. The van der Waals surface area contributed by atoms with Gasteiger partial charge in [-0.25, -0.2) is 4.79 Å². The molecule has 2 aromatic carbocycles. The lowest BCUT2D eigenvalue weighted by Crippen LogP contribution is -2.43. The number of nitrogens with two attached hydrogens (primary N) is 1. The van der Waals surface area contributed by atoms with Crippen LogP contribution >= 0.6 is 0 Å². The monoisotopic (exact) mass is 370 g/mol. The van der Waals surface area contributed by atoms with Crippen LogP contribution in [0.3, 0.4) is 0 Å². The number of rotatable bonds is 6. The molecule has 0 aromatic heterocycles. The van der Waals surface area contributed by atoms with E-state index in [0.29, 0.717) is 12.2 Å². The Morgan fingerprint density at radius 3 is 2.26 bits per heavy atom. The van der Waals surface area contributed by atoms with Gasteiger partial charge in [0.05, 0.1) is 12.6 Å². The van der Waals surface area contributed by atoms with Crippen molar-refractivity contribution in [2.24, 2.45) is 5.73 Å². The van der Waals surface area contributed by atoms with Crippen molar-refractivity contribution in [1.29, 1.82) is 0 Å². The lowest BCUT2D eigenvalue weighted by atomic mass is 9.95. The predicted octanol–water partition coefficient (Wildman–Crippen LogP) is 3.37. The van der Waals surface area contributed by atoms with Crippen molar-refractivity contribution in [2.45, 2.75) is 33.2 Å². The lowest BCUT2D eigenvalue weighted by molar-refractivity contribution is -0.119. The van der Waals surface area contributed by atoms with Gasteiger partial charge in [-0.05, 0) is 68.1 Å². The molecule has 0 aliphatic carbocycles. The summed E-state index contributed by atoms with van der Waals surface area (Å²) in [7, 11) is 1.72. The average Bonchev–Trinajstić information content (AvgIpc) is 2.64. The highest BCUT2D eigenvalue weighted by atomic mass is 16.7. The van der Waals surface area contributed by atoms with Crippen LogP contribution in [0.25, 0.3) is 0 Å². The first-order valence-corrected chi connectivity index (χ1v) is 8.86. The molecule has 0 aliphatic rings. The number of para-hydroxylation sites is 1. The number of likely N-dealkylation sites (N-methyl/N-ethyl adjacent to an activating group) is 1. The van der Waals surface area contributed by atoms with Gasteiger partial charge < -0.3 is 20.1 Å². The molecule has 0 unspecified atom stereocenters. The summed E-state index contributed by atoms with van der Waals surface area (Å²) in [6.45, 7) is 5.77. The highest BCUT2D eigenvalue weighted by molar-refractivity contribution is 5.96. The molecule has 6 heteroatoms. The molecular formula is C21H26N2O4. The number of hydrogen-bond donors (Lipinski definition) is 1. The summed E-state index contributed by atoms with van der Waals surface area (Å²) in [5.41, 5.74) is 9.75. The maximum absolute atomic E-state index is 12.7. The molecular weight excluding hydrogens is 344 g/mol. The van der Waals surface area contributed by atoms with E-state index in [-0.39, 0.29) is 12.5 Å². The molecule has 2 rings (SSSR count). The first-order valence-electron chi connectivity index (χ1n) is 8.86. The fourth-order valence-electron chi connectivity index (χ4n) is 2.91. The van der Waals surface area contributed by atoms with Crippen molar-refractivity contribution >= 4 is 17.7 Å². The standard InChI is InChI=1S/C21H26N2O4/c1-5-26-21(25)27-17-11-14(2)18(15(3)12-17)13-19(22)20(24)23(4)16-9-7-6-8-10-16/h6-12,19H,5,13,22H2,1-4H3/t19-/m1/s1. The summed E-state index contributed by atoms with van der Waals surface area (Å²) >= 11 is 0. The van der Waals surface area contributed by atoms with Crippen molar-refractivity contribution < 1.29 is 19.1 Å². The normalized spacial score (nSPS) is 11.6. The Kier molecular flexibility index (Phi) is 6.96. The molecule has 1 amide bonds. The van der Waals surface area contributed by atoms with Gasteiger partial charge in [-0.3, -0.25) is 4.79 Å². The molecule has 0 fully saturated rings. The first kappa shape index (κ1) is 20.5. The van der Waals surface area contributed by atoms with E-state index in [1.165, 1.54) is 0 Å². The van der Waals surface area contributed by atoms with Crippen LogP contribution in [0.4, 0.5) is 10.5 Å². The molecule has 27 heavy (non-hydrogen) atoms. The maximum Gasteiger partial charge on any atom is 0.513 e. The van der Waals surface area contributed by atoms with Gasteiger partial charge in [0.2, 0.25) is 5.91 Å². The van der Waals surface area contributed by atoms with Crippen molar-refractivity contribution in [1.82, 2.24) is 0 Å². The molecule has 2 aromatic rings. The molecule has 1 atom stereocenters. The van der Waals surface area contributed by atoms with Crippen LogP contribution in [0, 0.1) is 13.8 Å². The smallest absolute Gasteiger partial charge is 0.434 e. The molecule has 6 nitrogen and oxygen atoms in total. The zero-order valence-corrected chi connectivity index (χ0v) is 16.2. The summed E-state index contributed by atoms with van der Waals surface area (Å²) in [5, 5.41) is 0. The Morgan fingerprint density at radius 2 is 1.70 bits per heavy atom. The van der Waals surface area contributed by atoms with Gasteiger partial charge in [0, 0.05) is 12.7 Å². The summed E-state index contributed by atoms with van der Waals surface area (Å²) in [5.74, 6) is 0.250. The Morgan fingerprint density at radius 1 is 1.11 bits per heavy atom. The van der Waals surface area contributed by atoms with Gasteiger partial charge in [-0.1, -0.05) is 18.2 Å². The third-order valence-electron chi connectivity index (χ3n) is 4.35. The third-order valence-corrected chi connectivity index (χ3v) is 4.35. The number of aryl methyl sites for hydroxylation is 2. The van der Waals surface area contributed by atoms with Crippen molar-refractivity contribution in [2.75, 3.05) is 18.6 Å². The van der Waals surface area contributed by atoms with Crippen LogP contribution in [-0.2, 0) is 16.0 Å². The van der Waals surface area contributed by atoms with Crippen LogP contribution in [0.2, 0.25) is 0 Å². The Hall–Kier alpha value is -2.86. The van der Waals surface area contributed by atoms with E-state index in [4.69, 9.17) is 15.2 Å². The van der Waals surface area contributed by atoms with Crippen molar-refractivity contribution in [3.63, 3.8) is 0 Å². The van der Waals surface area contributed by atoms with Crippen LogP contribution < -0.4 is 15.4 Å². The second-order valence-electron chi connectivity index (χ2n) is 6.36. The van der Waals surface area contributed by atoms with E-state index in [1.54, 1.807) is 31.0 Å². The van der Waals surface area contributed by atoms with Crippen LogP contribution in [-0.4, -0.2) is 31.8 Å². The highest BCUT2D eigenvalue weighted by Gasteiger charge is 2.21. The molecule has 0 saturated heterocycles. The summed E-state index contributed by atoms with van der Waals surface area (Å²) in [6.07, 6.45) is -0.340. The maximum atomic E-state index is 12.7. The third kappa shape index (κ3) is 5.31. The number of carbonyl (C=O) groups is 2. The van der Waals surface area contributed by atoms with Crippen molar-refractivity contribution in [3.8, 4) is 5.75 Å². The number of benzene rings is 2. The quantitative estimate of drug-likeness (QED) is 0.623. The number of nitrogens with zero attached hydrogens (tertiary/aromatic N) is 1. The second-order valence-corrected chi connectivity index (χ2v) is 6.36. The van der Waals surface area contributed by atoms with Crippen molar-refractivity contribution in [3.05, 3.63) is 59.2 Å². The molecule has 0 radical (unpaired) electrons. The molecule has 144 valence electrons. The van der Waals surface area contributed by atoms with Gasteiger partial charge in [0.25, 0.3) is 0 Å². The minimum Gasteiger partial charge on any atom is -0.434 e. The molecule has 0 aliphatic heterocycles. The van der Waals surface area contributed by atoms with E-state index >= 15 is 0 Å². The fraction of sp³-hybridized carbons (Fsp3) is 0.333. The SMILES string of the molecule is CCOC(=O)Oc1cc(C)c(C[C@@H](N)C(=O)N(C)c2ccccc2)c(C)c1. The lowest BCUT2D eigenvalue weighted by Gasteiger charge is -2.22. The summed E-state index contributed by atoms with van der Waals surface area (Å²) < 4.78 is 9.94. The van der Waals surface area contributed by atoms with E-state index in [0.717, 1.165) is 22.4 Å². The van der Waals surface area contributed by atoms with Crippen LogP contribution in [0.5, 0.6) is 5.75 Å². The molecule has 0 spiro atoms. The Labute approximate surface area is 159 Å². The summed E-state index contributed by atoms with van der Waals surface area (Å²) in [4.78, 5) is 25.7. The van der Waals surface area contributed by atoms with Gasteiger partial charge in [-0.15, -0.1) is 0 Å². The minimum atomic E-state index is -0.736. The number of anilines is 1. The molecule has 0 bridgehead atoms. The Balaban J connectivity index is 2.12.